The van der Waals surface area contributed by atoms with Gasteiger partial charge in [0.2, 0.25) is 0 Å². The van der Waals surface area contributed by atoms with Gasteiger partial charge in [0, 0.05) is 52.9 Å². The van der Waals surface area contributed by atoms with Gasteiger partial charge in [-0.05, 0) is 19.1 Å². The fraction of sp³-hybridized carbons (Fsp3) is 0.333. The van der Waals surface area contributed by atoms with Crippen molar-refractivity contribution >= 4 is 40.7 Å². The number of carboxylic acids is 1. The predicted octanol–water partition coefficient (Wildman–Crippen LogP) is 4.19. The Balaban J connectivity index is 1.82. The second kappa shape index (κ2) is 11.0. The Kier molecular flexibility index (Phi) is 8.00. The number of carbonyl (C=O) groups excluding carboxylic acids is 1. The van der Waals surface area contributed by atoms with Gasteiger partial charge in [-0.25, -0.2) is 27.7 Å². The predicted molar refractivity (Wildman–Crippen MR) is 131 cm³/mol. The molecule has 0 radical (unpaired) electrons. The third-order valence-corrected chi connectivity index (χ3v) is 6.85. The molecular weight excluding hydrogens is 533 g/mol. The minimum absolute atomic E-state index is 0.0188. The Labute approximate surface area is 219 Å². The smallest absolute Gasteiger partial charge is 0.338 e. The lowest BCUT2D eigenvalue weighted by Gasteiger charge is -2.30. The zero-order valence-electron chi connectivity index (χ0n) is 19.5. The number of hydrogen-bond acceptors (Lipinski definition) is 8. The fourth-order valence-electron chi connectivity index (χ4n) is 4.24. The minimum Gasteiger partial charge on any atom is -0.478 e. The number of nitrogens with zero attached hydrogens (tertiary/aromatic N) is 3. The van der Waals surface area contributed by atoms with Crippen molar-refractivity contribution in [3.05, 3.63) is 74.6 Å². The Morgan fingerprint density at radius 2 is 2.19 bits per heavy atom. The van der Waals surface area contributed by atoms with Gasteiger partial charge in [-0.2, -0.15) is 0 Å². The highest BCUT2D eigenvalue weighted by Crippen LogP contribution is 2.38. The van der Waals surface area contributed by atoms with Crippen molar-refractivity contribution in [2.75, 3.05) is 19.7 Å². The van der Waals surface area contributed by atoms with E-state index in [4.69, 9.17) is 21.4 Å². The van der Waals surface area contributed by atoms with Crippen molar-refractivity contribution in [2.45, 2.75) is 31.4 Å². The normalized spacial score (nSPS) is 21.7. The Morgan fingerprint density at radius 3 is 2.84 bits per heavy atom. The number of amidine groups is 1. The van der Waals surface area contributed by atoms with Gasteiger partial charge in [-0.15, -0.1) is 11.3 Å². The molecule has 1 aromatic heterocycles. The largest absolute Gasteiger partial charge is 0.478 e. The van der Waals surface area contributed by atoms with E-state index in [2.05, 4.69) is 15.3 Å². The van der Waals surface area contributed by atoms with Crippen LogP contribution < -0.4 is 5.32 Å². The van der Waals surface area contributed by atoms with Crippen molar-refractivity contribution in [3.8, 4) is 0 Å². The second-order valence-corrected chi connectivity index (χ2v) is 9.65. The van der Waals surface area contributed by atoms with Crippen molar-refractivity contribution in [2.24, 2.45) is 4.99 Å². The van der Waals surface area contributed by atoms with Gasteiger partial charge in [0.1, 0.15) is 11.9 Å². The second-order valence-electron chi connectivity index (χ2n) is 8.35. The molecule has 0 bridgehead atoms. The number of aliphatic carboxylic acids is 1. The molecule has 2 atom stereocenters. The molecule has 0 spiro atoms. The molecule has 4 rings (SSSR count). The Hall–Kier alpha value is -3.22. The van der Waals surface area contributed by atoms with Crippen molar-refractivity contribution in [1.82, 2.24) is 15.2 Å². The highest BCUT2D eigenvalue weighted by molar-refractivity contribution is 7.11. The van der Waals surface area contributed by atoms with Crippen LogP contribution in [0.1, 0.15) is 30.0 Å². The number of benzene rings is 1. The molecule has 1 unspecified atom stereocenters. The Bertz CT molecular complexity index is 1280. The lowest BCUT2D eigenvalue weighted by atomic mass is 9.95. The zero-order valence-corrected chi connectivity index (χ0v) is 21.0. The number of likely N-dealkylation sites (tertiary alicyclic amines) is 1. The molecule has 1 aromatic carbocycles. The topological polar surface area (TPSA) is 104 Å². The first kappa shape index (κ1) is 26.8. The van der Waals surface area contributed by atoms with Crippen LogP contribution in [0.15, 0.2) is 58.2 Å². The number of esters is 1. The summed E-state index contributed by atoms with van der Waals surface area (Å²) in [5.41, 5.74) is 0.551. The van der Waals surface area contributed by atoms with Crippen LogP contribution in [-0.2, 0) is 14.3 Å². The van der Waals surface area contributed by atoms with Crippen LogP contribution in [0, 0.1) is 5.82 Å². The van der Waals surface area contributed by atoms with Crippen LogP contribution >= 0.6 is 22.9 Å². The molecule has 2 aliphatic rings. The number of halogens is 4. The Morgan fingerprint density at radius 1 is 1.41 bits per heavy atom. The number of aromatic nitrogens is 1. The van der Waals surface area contributed by atoms with Gasteiger partial charge in [0.05, 0.1) is 18.7 Å². The molecule has 2 N–H and O–H groups in total. The third-order valence-electron chi connectivity index (χ3n) is 5.75. The standard InChI is InChI=1S/C24H22ClF3N4O4S/c1-2-36-23(35)19-17(11-32-12-24(27,28)10-14(32)4-6-18(33)34)30-21(22-29-7-8-37-22)31-20(19)15-5-3-13(26)9-16(15)25/h3-9,14,20H,2,10-12H2,1H3,(H,30,31)(H,33,34)/b6-4+/t14?,20-/m0/s1. The molecule has 1 fully saturated rings. The van der Waals surface area contributed by atoms with E-state index < -0.39 is 48.7 Å². The lowest BCUT2D eigenvalue weighted by molar-refractivity contribution is -0.139. The summed E-state index contributed by atoms with van der Waals surface area (Å²) in [4.78, 5) is 34.5. The maximum Gasteiger partial charge on any atom is 0.338 e. The summed E-state index contributed by atoms with van der Waals surface area (Å²) in [6, 6.07) is 1.72. The molecule has 2 aromatic rings. The highest BCUT2D eigenvalue weighted by atomic mass is 35.5. The summed E-state index contributed by atoms with van der Waals surface area (Å²) >= 11 is 7.60. The SMILES string of the molecule is CCOC(=O)C1=C(CN2CC(F)(F)CC2/C=C/C(=O)O)NC(c2nccs2)=N[C@H]1c1ccc(F)cc1Cl. The molecule has 37 heavy (non-hydrogen) atoms. The number of aliphatic imine (C=N–C) groups is 1. The summed E-state index contributed by atoms with van der Waals surface area (Å²) in [6.45, 7) is 0.813. The van der Waals surface area contributed by atoms with Crippen molar-refractivity contribution in [3.63, 3.8) is 0 Å². The number of nitrogens with one attached hydrogen (secondary N) is 1. The molecular formula is C24H22ClF3N4O4S. The first-order valence-corrected chi connectivity index (χ1v) is 12.5. The van der Waals surface area contributed by atoms with E-state index in [-0.39, 0.29) is 35.3 Å². The van der Waals surface area contributed by atoms with E-state index in [9.17, 15) is 22.8 Å². The molecule has 0 amide bonds. The first-order valence-electron chi connectivity index (χ1n) is 11.2. The van der Waals surface area contributed by atoms with E-state index in [1.54, 1.807) is 18.5 Å². The number of ether oxygens (including phenoxy) is 1. The summed E-state index contributed by atoms with van der Waals surface area (Å²) < 4.78 is 47.9. The van der Waals surface area contributed by atoms with E-state index in [0.717, 1.165) is 12.1 Å². The molecule has 0 aliphatic carbocycles. The van der Waals surface area contributed by atoms with Gasteiger partial charge < -0.3 is 15.2 Å². The van der Waals surface area contributed by atoms with E-state index in [0.29, 0.717) is 10.6 Å². The zero-order chi connectivity index (χ0) is 26.7. The van der Waals surface area contributed by atoms with E-state index >= 15 is 0 Å². The molecule has 8 nitrogen and oxygen atoms in total. The van der Waals surface area contributed by atoms with Gasteiger partial charge in [0.15, 0.2) is 10.8 Å². The summed E-state index contributed by atoms with van der Waals surface area (Å²) in [6.07, 6.45) is 2.99. The molecule has 2 aliphatic heterocycles. The number of thiazole rings is 1. The van der Waals surface area contributed by atoms with Crippen molar-refractivity contribution in [1.29, 1.82) is 0 Å². The quantitative estimate of drug-likeness (QED) is 0.372. The maximum atomic E-state index is 14.4. The van der Waals surface area contributed by atoms with Gasteiger partial charge in [0.25, 0.3) is 5.92 Å². The van der Waals surface area contributed by atoms with Gasteiger partial charge in [-0.3, -0.25) is 9.89 Å². The molecule has 196 valence electrons. The van der Waals surface area contributed by atoms with E-state index in [1.165, 1.54) is 34.4 Å². The fourth-order valence-corrected chi connectivity index (χ4v) is 5.10. The van der Waals surface area contributed by atoms with Crippen molar-refractivity contribution < 1.29 is 32.6 Å². The van der Waals surface area contributed by atoms with Crippen LogP contribution in [0.4, 0.5) is 13.2 Å². The monoisotopic (exact) mass is 554 g/mol. The van der Waals surface area contributed by atoms with Crippen LogP contribution in [0.25, 0.3) is 0 Å². The average Bonchev–Trinajstić information content (AvgIpc) is 3.45. The molecule has 0 saturated carbocycles. The van der Waals surface area contributed by atoms with Gasteiger partial charge in [-0.1, -0.05) is 23.7 Å². The van der Waals surface area contributed by atoms with Crippen LogP contribution in [-0.4, -0.2) is 64.4 Å². The third kappa shape index (κ3) is 6.20. The number of rotatable bonds is 8. The minimum atomic E-state index is -3.07. The van der Waals surface area contributed by atoms with Crippen LogP contribution in [0.3, 0.4) is 0 Å². The number of hydrogen-bond donors (Lipinski definition) is 2. The first-order chi connectivity index (χ1) is 17.6. The average molecular weight is 555 g/mol. The van der Waals surface area contributed by atoms with E-state index in [1.807, 2.05) is 0 Å². The summed E-state index contributed by atoms with van der Waals surface area (Å²) in [5, 5.41) is 14.3. The number of carboxylic acid groups (broad SMARTS) is 1. The van der Waals surface area contributed by atoms with Crippen LogP contribution in [0.5, 0.6) is 0 Å². The molecule has 1 saturated heterocycles. The summed E-state index contributed by atoms with van der Waals surface area (Å²) in [7, 11) is 0. The number of alkyl halides is 2. The molecule has 3 heterocycles. The van der Waals surface area contributed by atoms with Gasteiger partial charge >= 0.3 is 11.9 Å². The maximum absolute atomic E-state index is 14.4. The highest BCUT2D eigenvalue weighted by Gasteiger charge is 2.45. The molecule has 13 heteroatoms. The number of carbonyl (C=O) groups is 2. The lowest BCUT2D eigenvalue weighted by Crippen LogP contribution is -2.41. The summed E-state index contributed by atoms with van der Waals surface area (Å²) in [5.74, 6) is -5.39. The van der Waals surface area contributed by atoms with Crippen LogP contribution in [0.2, 0.25) is 5.02 Å².